The molecule has 0 radical (unpaired) electrons. The van der Waals surface area contributed by atoms with Crippen LogP contribution in [0.1, 0.15) is 0 Å². The number of nitro groups is 1. The highest BCUT2D eigenvalue weighted by Crippen LogP contribution is 2.39. The monoisotopic (exact) mass is 439 g/mol. The summed E-state index contributed by atoms with van der Waals surface area (Å²) in [5, 5.41) is 19.4. The van der Waals surface area contributed by atoms with Crippen molar-refractivity contribution in [2.75, 3.05) is 31.4 Å². The minimum atomic E-state index is -0.615. The summed E-state index contributed by atoms with van der Waals surface area (Å²) in [5.74, 6) is 0.885. The summed E-state index contributed by atoms with van der Waals surface area (Å²) < 4.78 is 7.63. The minimum absolute atomic E-state index is 0.0529. The van der Waals surface area contributed by atoms with Gasteiger partial charge in [-0.3, -0.25) is 0 Å². The fourth-order valence-electron chi connectivity index (χ4n) is 3.12. The lowest BCUT2D eigenvalue weighted by Crippen LogP contribution is -2.10. The molecule has 0 aliphatic carbocycles. The van der Waals surface area contributed by atoms with E-state index in [4.69, 9.17) is 16.3 Å². The van der Waals surface area contributed by atoms with E-state index in [0.29, 0.717) is 17.2 Å². The highest BCUT2D eigenvalue weighted by atomic mass is 35.5. The number of aromatic nitrogens is 4. The molecular weight excluding hydrogens is 422 g/mol. The van der Waals surface area contributed by atoms with Gasteiger partial charge in [0.25, 0.3) is 0 Å². The fourth-order valence-corrected chi connectivity index (χ4v) is 3.39. The lowest BCUT2D eigenvalue weighted by atomic mass is 10.3. The zero-order valence-corrected chi connectivity index (χ0v) is 17.7. The maximum atomic E-state index is 11.1. The molecule has 0 aliphatic rings. The average molecular weight is 440 g/mol. The predicted octanol–water partition coefficient (Wildman–Crippen LogP) is 4.28. The Balaban J connectivity index is 1.79. The number of pyridine rings is 2. The lowest BCUT2D eigenvalue weighted by molar-refractivity contribution is -0.388. The van der Waals surface area contributed by atoms with Crippen LogP contribution in [-0.2, 0) is 0 Å². The summed E-state index contributed by atoms with van der Waals surface area (Å²) in [6.07, 6.45) is 2.76. The highest BCUT2D eigenvalue weighted by molar-refractivity contribution is 6.35. The van der Waals surface area contributed by atoms with E-state index < -0.39 is 4.92 Å². The van der Waals surface area contributed by atoms with Crippen molar-refractivity contribution < 1.29 is 9.66 Å². The first-order chi connectivity index (χ1) is 14.9. The SMILES string of the molecule is CNc1c([N+](=O)[O-])ncc(Oc2cnc3c(c2)c(N(C)C)nn3-c2ccccc2)c1Cl. The van der Waals surface area contributed by atoms with Gasteiger partial charge in [0, 0.05) is 21.1 Å². The Labute approximate surface area is 182 Å². The van der Waals surface area contributed by atoms with Gasteiger partial charge in [0.15, 0.2) is 29.1 Å². The van der Waals surface area contributed by atoms with Crippen molar-refractivity contribution in [3.63, 3.8) is 0 Å². The largest absolute Gasteiger partial charge is 0.450 e. The zero-order chi connectivity index (χ0) is 22.1. The summed E-state index contributed by atoms with van der Waals surface area (Å²) in [5.41, 5.74) is 1.61. The number of rotatable bonds is 6. The Kier molecular flexibility index (Phi) is 5.30. The van der Waals surface area contributed by atoms with Gasteiger partial charge in [-0.25, -0.2) is 9.67 Å². The van der Waals surface area contributed by atoms with Gasteiger partial charge in [0.1, 0.15) is 10.8 Å². The van der Waals surface area contributed by atoms with Crippen LogP contribution in [0, 0.1) is 10.1 Å². The molecule has 0 spiro atoms. The summed E-state index contributed by atoms with van der Waals surface area (Å²) in [4.78, 5) is 20.8. The summed E-state index contributed by atoms with van der Waals surface area (Å²) in [6, 6.07) is 11.5. The van der Waals surface area contributed by atoms with Crippen LogP contribution in [-0.4, -0.2) is 45.8 Å². The van der Waals surface area contributed by atoms with Crippen molar-refractivity contribution in [1.29, 1.82) is 0 Å². The molecular formula is C20H18ClN7O3. The molecule has 4 aromatic rings. The molecule has 0 unspecified atom stereocenters. The highest BCUT2D eigenvalue weighted by Gasteiger charge is 2.23. The van der Waals surface area contributed by atoms with Gasteiger partial charge in [-0.1, -0.05) is 29.8 Å². The van der Waals surface area contributed by atoms with Crippen molar-refractivity contribution in [2.45, 2.75) is 0 Å². The first-order valence-electron chi connectivity index (χ1n) is 9.20. The quantitative estimate of drug-likeness (QED) is 0.350. The van der Waals surface area contributed by atoms with Crippen LogP contribution < -0.4 is 15.0 Å². The molecule has 0 atom stereocenters. The first kappa shape index (κ1) is 20.4. The number of anilines is 2. The van der Waals surface area contributed by atoms with Gasteiger partial charge in [-0.15, -0.1) is 5.10 Å². The Morgan fingerprint density at radius 1 is 1.19 bits per heavy atom. The van der Waals surface area contributed by atoms with Crippen LogP contribution in [0.15, 0.2) is 48.8 Å². The summed E-state index contributed by atoms with van der Waals surface area (Å²) in [7, 11) is 5.30. The van der Waals surface area contributed by atoms with Crippen LogP contribution in [0.2, 0.25) is 5.02 Å². The molecule has 0 fully saturated rings. The maximum Gasteiger partial charge on any atom is 0.388 e. The van der Waals surface area contributed by atoms with Crippen molar-refractivity contribution >= 4 is 40.0 Å². The smallest absolute Gasteiger partial charge is 0.388 e. The van der Waals surface area contributed by atoms with Crippen molar-refractivity contribution in [3.05, 3.63) is 63.9 Å². The number of halogens is 1. The van der Waals surface area contributed by atoms with Crippen LogP contribution in [0.25, 0.3) is 16.7 Å². The van der Waals surface area contributed by atoms with E-state index in [9.17, 15) is 10.1 Å². The summed E-state index contributed by atoms with van der Waals surface area (Å²) in [6.45, 7) is 0. The molecule has 3 aromatic heterocycles. The average Bonchev–Trinajstić information content (AvgIpc) is 3.14. The molecule has 1 aromatic carbocycles. The van der Waals surface area contributed by atoms with Crippen LogP contribution in [0.5, 0.6) is 11.5 Å². The van der Waals surface area contributed by atoms with E-state index >= 15 is 0 Å². The minimum Gasteiger partial charge on any atom is -0.450 e. The second-order valence-corrected chi connectivity index (χ2v) is 7.13. The van der Waals surface area contributed by atoms with Crippen molar-refractivity contribution in [2.24, 2.45) is 0 Å². The van der Waals surface area contributed by atoms with Gasteiger partial charge in [0.2, 0.25) is 0 Å². The first-order valence-corrected chi connectivity index (χ1v) is 9.58. The number of nitrogens with zero attached hydrogens (tertiary/aromatic N) is 6. The number of hydrogen-bond donors (Lipinski definition) is 1. The van der Waals surface area contributed by atoms with Crippen LogP contribution in [0.3, 0.4) is 0 Å². The van der Waals surface area contributed by atoms with Gasteiger partial charge in [0.05, 0.1) is 17.3 Å². The normalized spacial score (nSPS) is 10.8. The Morgan fingerprint density at radius 2 is 1.94 bits per heavy atom. The molecule has 3 heterocycles. The maximum absolute atomic E-state index is 11.1. The number of benzene rings is 1. The zero-order valence-electron chi connectivity index (χ0n) is 16.9. The van der Waals surface area contributed by atoms with Crippen LogP contribution in [0.4, 0.5) is 17.3 Å². The molecule has 10 nitrogen and oxygen atoms in total. The second-order valence-electron chi connectivity index (χ2n) is 6.75. The number of fused-ring (bicyclic) bond motifs is 1. The Morgan fingerprint density at radius 3 is 2.58 bits per heavy atom. The lowest BCUT2D eigenvalue weighted by Gasteiger charge is -2.10. The van der Waals surface area contributed by atoms with E-state index in [2.05, 4.69) is 20.4 Å². The predicted molar refractivity (Wildman–Crippen MR) is 119 cm³/mol. The van der Waals surface area contributed by atoms with E-state index in [-0.39, 0.29) is 22.3 Å². The van der Waals surface area contributed by atoms with Crippen molar-refractivity contribution in [3.8, 4) is 17.2 Å². The number of ether oxygens (including phenoxy) is 1. The van der Waals surface area contributed by atoms with Gasteiger partial charge in [-0.2, -0.15) is 0 Å². The van der Waals surface area contributed by atoms with Crippen molar-refractivity contribution in [1.82, 2.24) is 19.7 Å². The van der Waals surface area contributed by atoms with E-state index in [1.807, 2.05) is 49.3 Å². The molecule has 0 bridgehead atoms. The fraction of sp³-hybridized carbons (Fsp3) is 0.150. The summed E-state index contributed by atoms with van der Waals surface area (Å²) >= 11 is 6.32. The van der Waals surface area contributed by atoms with Gasteiger partial charge in [-0.05, 0) is 28.1 Å². The molecule has 158 valence electrons. The molecule has 0 amide bonds. The van der Waals surface area contributed by atoms with E-state index in [1.54, 1.807) is 16.9 Å². The third kappa shape index (κ3) is 3.68. The number of para-hydroxylation sites is 1. The molecule has 0 saturated heterocycles. The topological polar surface area (TPSA) is 111 Å². The molecule has 1 N–H and O–H groups in total. The van der Waals surface area contributed by atoms with E-state index in [0.717, 1.165) is 11.1 Å². The number of nitrogens with one attached hydrogen (secondary N) is 1. The molecule has 0 aliphatic heterocycles. The van der Waals surface area contributed by atoms with E-state index in [1.165, 1.54) is 13.2 Å². The molecule has 31 heavy (non-hydrogen) atoms. The van der Waals surface area contributed by atoms with Gasteiger partial charge >= 0.3 is 5.82 Å². The third-order valence-electron chi connectivity index (χ3n) is 4.52. The van der Waals surface area contributed by atoms with Crippen LogP contribution >= 0.6 is 11.6 Å². The number of hydrogen-bond acceptors (Lipinski definition) is 8. The molecule has 0 saturated carbocycles. The molecule has 4 rings (SSSR count). The van der Waals surface area contributed by atoms with Gasteiger partial charge < -0.3 is 25.1 Å². The Bertz CT molecular complexity index is 1280. The standard InChI is InChI=1S/C20H18ClN7O3/c1-22-17-16(21)15(11-24-20(17)28(29)30)31-13-9-14-18(23-10-13)27(25-19(14)26(2)3)12-7-5-4-6-8-12/h4-11,22H,1-3H3. The second kappa shape index (κ2) is 8.07. The Hall–Kier alpha value is -3.92. The third-order valence-corrected chi connectivity index (χ3v) is 4.89. The molecule has 11 heteroatoms.